The number of hydrogen-bond acceptors (Lipinski definition) is 3. The van der Waals surface area contributed by atoms with Crippen molar-refractivity contribution in [1.29, 1.82) is 0 Å². The third-order valence-corrected chi connectivity index (χ3v) is 4.46. The van der Waals surface area contributed by atoms with Crippen LogP contribution in [0.2, 0.25) is 10.0 Å². The fourth-order valence-electron chi connectivity index (χ4n) is 2.64. The first-order chi connectivity index (χ1) is 9.97. The predicted molar refractivity (Wildman–Crippen MR) is 89.0 cm³/mol. The van der Waals surface area contributed by atoms with Gasteiger partial charge in [0.2, 0.25) is 5.91 Å². The highest BCUT2D eigenvalue weighted by atomic mass is 35.5. The van der Waals surface area contributed by atoms with Crippen LogP contribution in [-0.2, 0) is 4.79 Å². The van der Waals surface area contributed by atoms with Gasteiger partial charge in [-0.15, -0.1) is 0 Å². The van der Waals surface area contributed by atoms with Gasteiger partial charge in [0.05, 0.1) is 22.3 Å². The van der Waals surface area contributed by atoms with Crippen LogP contribution >= 0.6 is 23.2 Å². The Morgan fingerprint density at radius 1 is 1.33 bits per heavy atom. The lowest BCUT2D eigenvalue weighted by Crippen LogP contribution is -2.39. The van der Waals surface area contributed by atoms with Gasteiger partial charge in [0.15, 0.2) is 0 Å². The molecule has 1 fully saturated rings. The van der Waals surface area contributed by atoms with Crippen LogP contribution in [0.3, 0.4) is 0 Å². The number of anilines is 2. The second-order valence-electron chi connectivity index (χ2n) is 5.58. The van der Waals surface area contributed by atoms with Gasteiger partial charge in [-0.25, -0.2) is 0 Å². The van der Waals surface area contributed by atoms with Crippen LogP contribution < -0.4 is 11.1 Å². The van der Waals surface area contributed by atoms with Gasteiger partial charge >= 0.3 is 0 Å². The van der Waals surface area contributed by atoms with E-state index in [-0.39, 0.29) is 5.91 Å². The second-order valence-corrected chi connectivity index (χ2v) is 6.39. The first kappa shape index (κ1) is 16.4. The third-order valence-electron chi connectivity index (χ3n) is 3.87. The van der Waals surface area contributed by atoms with Crippen molar-refractivity contribution in [2.75, 3.05) is 24.1 Å². The zero-order valence-electron chi connectivity index (χ0n) is 12.2. The Hall–Kier alpha value is -0.970. The lowest BCUT2D eigenvalue weighted by atomic mass is 10.1. The van der Waals surface area contributed by atoms with E-state index in [9.17, 15) is 4.79 Å². The van der Waals surface area contributed by atoms with Crippen LogP contribution in [0.4, 0.5) is 11.4 Å². The van der Waals surface area contributed by atoms with Gasteiger partial charge in [-0.05, 0) is 38.4 Å². The summed E-state index contributed by atoms with van der Waals surface area (Å²) >= 11 is 12.2. The topological polar surface area (TPSA) is 58.4 Å². The highest BCUT2D eigenvalue weighted by Gasteiger charge is 2.20. The monoisotopic (exact) mass is 329 g/mol. The number of hydrogen-bond donors (Lipinski definition) is 2. The van der Waals surface area contributed by atoms with Crippen molar-refractivity contribution in [2.45, 2.75) is 38.6 Å². The van der Waals surface area contributed by atoms with Crippen LogP contribution in [0.1, 0.15) is 32.6 Å². The van der Waals surface area contributed by atoms with E-state index >= 15 is 0 Å². The molecule has 2 rings (SSSR count). The maximum absolute atomic E-state index is 12.2. The van der Waals surface area contributed by atoms with E-state index in [0.29, 0.717) is 34.0 Å². The Bertz CT molecular complexity index is 499. The van der Waals surface area contributed by atoms with E-state index < -0.39 is 0 Å². The molecule has 116 valence electrons. The maximum atomic E-state index is 12.2. The zero-order valence-corrected chi connectivity index (χ0v) is 13.7. The average Bonchev–Trinajstić information content (AvgIpc) is 2.59. The van der Waals surface area contributed by atoms with E-state index in [1.165, 1.54) is 12.8 Å². The Morgan fingerprint density at radius 3 is 2.67 bits per heavy atom. The minimum absolute atomic E-state index is 0.0997. The van der Waals surface area contributed by atoms with E-state index in [2.05, 4.69) is 17.1 Å². The summed E-state index contributed by atoms with van der Waals surface area (Å²) in [5.41, 5.74) is 6.56. The maximum Gasteiger partial charge on any atom is 0.238 e. The van der Waals surface area contributed by atoms with E-state index in [1.807, 2.05) is 0 Å². The molecule has 1 aromatic carbocycles. The molecule has 0 aliphatic carbocycles. The number of nitrogens with two attached hydrogens (primary N) is 1. The molecule has 6 heteroatoms. The van der Waals surface area contributed by atoms with Gasteiger partial charge in [-0.2, -0.15) is 0 Å². The number of likely N-dealkylation sites (tertiary alicyclic amines) is 1. The van der Waals surface area contributed by atoms with Crippen molar-refractivity contribution < 1.29 is 4.79 Å². The van der Waals surface area contributed by atoms with Gasteiger partial charge in [0.25, 0.3) is 0 Å². The van der Waals surface area contributed by atoms with Crippen LogP contribution in [-0.4, -0.2) is 29.9 Å². The van der Waals surface area contributed by atoms with Crippen molar-refractivity contribution in [3.05, 3.63) is 22.2 Å². The Labute approximate surface area is 135 Å². The molecule has 1 saturated heterocycles. The van der Waals surface area contributed by atoms with Gasteiger partial charge < -0.3 is 11.1 Å². The smallest absolute Gasteiger partial charge is 0.238 e. The normalized spacial score (nSPS) is 20.0. The number of nitrogen functional groups attached to an aromatic ring is 1. The van der Waals surface area contributed by atoms with Crippen LogP contribution in [0.25, 0.3) is 0 Å². The van der Waals surface area contributed by atoms with Crippen LogP contribution in [0, 0.1) is 0 Å². The van der Waals surface area contributed by atoms with Gasteiger partial charge in [-0.3, -0.25) is 9.69 Å². The molecule has 0 bridgehead atoms. The summed E-state index contributed by atoms with van der Waals surface area (Å²) in [6, 6.07) is 3.59. The summed E-state index contributed by atoms with van der Waals surface area (Å²) in [6.07, 6.45) is 4.74. The molecule has 1 aromatic rings. The van der Waals surface area contributed by atoms with Gasteiger partial charge in [0.1, 0.15) is 0 Å². The minimum atomic E-state index is -0.0997. The molecule has 1 unspecified atom stereocenters. The molecule has 1 atom stereocenters. The lowest BCUT2D eigenvalue weighted by Gasteiger charge is -2.26. The largest absolute Gasteiger partial charge is 0.399 e. The van der Waals surface area contributed by atoms with Crippen molar-refractivity contribution in [3.8, 4) is 0 Å². The molecule has 1 aliphatic rings. The number of halogens is 2. The summed E-state index contributed by atoms with van der Waals surface area (Å²) in [4.78, 5) is 14.4. The summed E-state index contributed by atoms with van der Waals surface area (Å²) in [5, 5.41) is 3.51. The third kappa shape index (κ3) is 4.50. The fourth-order valence-corrected chi connectivity index (χ4v) is 3.24. The molecular weight excluding hydrogens is 309 g/mol. The Kier molecular flexibility index (Phi) is 5.73. The molecule has 0 aromatic heterocycles. The summed E-state index contributed by atoms with van der Waals surface area (Å²) in [5.74, 6) is -0.0997. The SMILES string of the molecule is CC1CCCCCN1CC(=O)Nc1c(Cl)cc(N)cc1Cl. The number of amides is 1. The van der Waals surface area contributed by atoms with Gasteiger partial charge in [-0.1, -0.05) is 36.0 Å². The molecule has 4 nitrogen and oxygen atoms in total. The number of carbonyl (C=O) groups excluding carboxylic acids is 1. The second kappa shape index (κ2) is 7.34. The first-order valence-electron chi connectivity index (χ1n) is 7.26. The van der Waals surface area contributed by atoms with Crippen molar-refractivity contribution >= 4 is 40.5 Å². The standard InChI is InChI=1S/C15H21Cl2N3O/c1-10-5-3-2-4-6-20(10)9-14(21)19-15-12(16)7-11(18)8-13(15)17/h7-8,10H,2-6,9,18H2,1H3,(H,19,21). The molecular formula is C15H21Cl2N3O. The zero-order chi connectivity index (χ0) is 15.4. The summed E-state index contributed by atoms with van der Waals surface area (Å²) in [7, 11) is 0. The molecule has 0 spiro atoms. The van der Waals surface area contributed by atoms with E-state index in [4.69, 9.17) is 28.9 Å². The van der Waals surface area contributed by atoms with Crippen LogP contribution in [0.5, 0.6) is 0 Å². The molecule has 21 heavy (non-hydrogen) atoms. The Morgan fingerprint density at radius 2 is 2.00 bits per heavy atom. The van der Waals surface area contributed by atoms with E-state index in [0.717, 1.165) is 19.4 Å². The van der Waals surface area contributed by atoms with E-state index in [1.54, 1.807) is 12.1 Å². The average molecular weight is 330 g/mol. The van der Waals surface area contributed by atoms with Crippen LogP contribution in [0.15, 0.2) is 12.1 Å². The number of nitrogens with zero attached hydrogens (tertiary/aromatic N) is 1. The molecule has 0 radical (unpaired) electrons. The van der Waals surface area contributed by atoms with Crippen molar-refractivity contribution in [1.82, 2.24) is 4.90 Å². The summed E-state index contributed by atoms with van der Waals surface area (Å²) < 4.78 is 0. The number of rotatable bonds is 3. The molecule has 0 saturated carbocycles. The molecule has 3 N–H and O–H groups in total. The van der Waals surface area contributed by atoms with Crippen molar-refractivity contribution in [3.63, 3.8) is 0 Å². The molecule has 1 heterocycles. The first-order valence-corrected chi connectivity index (χ1v) is 8.01. The Balaban J connectivity index is 2.01. The number of nitrogens with one attached hydrogen (secondary N) is 1. The fraction of sp³-hybridized carbons (Fsp3) is 0.533. The number of carbonyl (C=O) groups is 1. The number of benzene rings is 1. The minimum Gasteiger partial charge on any atom is -0.399 e. The quantitative estimate of drug-likeness (QED) is 0.829. The highest BCUT2D eigenvalue weighted by molar-refractivity contribution is 6.40. The molecule has 1 aliphatic heterocycles. The van der Waals surface area contributed by atoms with Gasteiger partial charge in [0, 0.05) is 11.7 Å². The van der Waals surface area contributed by atoms with Crippen molar-refractivity contribution in [2.24, 2.45) is 0 Å². The molecule has 1 amide bonds. The predicted octanol–water partition coefficient (Wildman–Crippen LogP) is 3.78. The highest BCUT2D eigenvalue weighted by Crippen LogP contribution is 2.32. The lowest BCUT2D eigenvalue weighted by molar-refractivity contribution is -0.117. The summed E-state index contributed by atoms with van der Waals surface area (Å²) in [6.45, 7) is 3.48.